The third kappa shape index (κ3) is 3.13. The van der Waals surface area contributed by atoms with Crippen LogP contribution in [-0.4, -0.2) is 17.7 Å². The average Bonchev–Trinajstić information content (AvgIpc) is 2.21. The molecule has 0 unspecified atom stereocenters. The van der Waals surface area contributed by atoms with E-state index in [1.54, 1.807) is 12.1 Å². The summed E-state index contributed by atoms with van der Waals surface area (Å²) >= 11 is 5.83. The van der Waals surface area contributed by atoms with Crippen molar-refractivity contribution in [3.8, 4) is 5.75 Å². The van der Waals surface area contributed by atoms with Gasteiger partial charge in [-0.15, -0.1) is 0 Å². The van der Waals surface area contributed by atoms with Gasteiger partial charge in [-0.3, -0.25) is 0 Å². The Morgan fingerprint density at radius 1 is 1.47 bits per heavy atom. The molecule has 1 aliphatic rings. The molecule has 0 amide bonds. The Labute approximate surface area is 105 Å². The fourth-order valence-corrected chi connectivity index (χ4v) is 2.07. The second-order valence-corrected chi connectivity index (χ2v) is 4.82. The molecular formula is C13H15ClO3. The Balaban J connectivity index is 1.97. The van der Waals surface area contributed by atoms with Gasteiger partial charge in [0.05, 0.1) is 6.61 Å². The summed E-state index contributed by atoms with van der Waals surface area (Å²) in [5, 5.41) is 9.49. The first-order valence-electron chi connectivity index (χ1n) is 5.82. The SMILES string of the molecule is O=C(O)c1ccc(Cl)cc1OCCC1CCC1. The highest BCUT2D eigenvalue weighted by Crippen LogP contribution is 2.30. The van der Waals surface area contributed by atoms with E-state index >= 15 is 0 Å². The number of aromatic carboxylic acids is 1. The van der Waals surface area contributed by atoms with Crippen LogP contribution >= 0.6 is 11.6 Å². The molecule has 0 bridgehead atoms. The van der Waals surface area contributed by atoms with E-state index in [2.05, 4.69) is 0 Å². The van der Waals surface area contributed by atoms with Gasteiger partial charge in [0.25, 0.3) is 0 Å². The molecule has 3 nitrogen and oxygen atoms in total. The van der Waals surface area contributed by atoms with Crippen LogP contribution in [0.25, 0.3) is 0 Å². The molecule has 0 radical (unpaired) electrons. The van der Waals surface area contributed by atoms with Crippen LogP contribution in [-0.2, 0) is 0 Å². The molecular weight excluding hydrogens is 240 g/mol. The third-order valence-electron chi connectivity index (χ3n) is 3.18. The van der Waals surface area contributed by atoms with Crippen molar-refractivity contribution in [2.75, 3.05) is 6.61 Å². The largest absolute Gasteiger partial charge is 0.493 e. The fourth-order valence-electron chi connectivity index (χ4n) is 1.91. The third-order valence-corrected chi connectivity index (χ3v) is 3.42. The van der Waals surface area contributed by atoms with Gasteiger partial charge in [0.1, 0.15) is 11.3 Å². The lowest BCUT2D eigenvalue weighted by Gasteiger charge is -2.25. The first-order chi connectivity index (χ1) is 8.16. The molecule has 0 atom stereocenters. The summed E-state index contributed by atoms with van der Waals surface area (Å²) in [4.78, 5) is 11.0. The zero-order valence-electron chi connectivity index (χ0n) is 9.49. The molecule has 92 valence electrons. The van der Waals surface area contributed by atoms with Crippen LogP contribution in [0.3, 0.4) is 0 Å². The number of rotatable bonds is 5. The number of ether oxygens (including phenoxy) is 1. The van der Waals surface area contributed by atoms with Crippen LogP contribution in [0.15, 0.2) is 18.2 Å². The Morgan fingerprint density at radius 2 is 2.24 bits per heavy atom. The predicted octanol–water partition coefficient (Wildman–Crippen LogP) is 3.61. The van der Waals surface area contributed by atoms with Crippen LogP contribution in [0.5, 0.6) is 5.75 Å². The van der Waals surface area contributed by atoms with Crippen LogP contribution in [0.4, 0.5) is 0 Å². The summed E-state index contributed by atoms with van der Waals surface area (Å²) in [6.45, 7) is 0.561. The summed E-state index contributed by atoms with van der Waals surface area (Å²) in [7, 11) is 0. The van der Waals surface area contributed by atoms with Gasteiger partial charge in [-0.2, -0.15) is 0 Å². The Morgan fingerprint density at radius 3 is 2.82 bits per heavy atom. The van der Waals surface area contributed by atoms with E-state index < -0.39 is 5.97 Å². The normalized spacial score (nSPS) is 15.4. The number of carboxylic acid groups (broad SMARTS) is 1. The molecule has 17 heavy (non-hydrogen) atoms. The van der Waals surface area contributed by atoms with Gasteiger partial charge in [-0.1, -0.05) is 30.9 Å². The van der Waals surface area contributed by atoms with Crippen molar-refractivity contribution in [1.82, 2.24) is 0 Å². The molecule has 0 aromatic heterocycles. The molecule has 1 aromatic rings. The number of benzene rings is 1. The quantitative estimate of drug-likeness (QED) is 0.873. The summed E-state index contributed by atoms with van der Waals surface area (Å²) in [6.07, 6.45) is 4.84. The van der Waals surface area contributed by atoms with E-state index in [-0.39, 0.29) is 5.56 Å². The maximum absolute atomic E-state index is 11.0. The zero-order valence-corrected chi connectivity index (χ0v) is 10.2. The van der Waals surface area contributed by atoms with Gasteiger partial charge >= 0.3 is 5.97 Å². The molecule has 1 aromatic carbocycles. The van der Waals surface area contributed by atoms with Crippen LogP contribution in [0.2, 0.25) is 5.02 Å². The van der Waals surface area contributed by atoms with Crippen molar-refractivity contribution in [3.05, 3.63) is 28.8 Å². The Bertz CT molecular complexity index is 413. The number of halogens is 1. The molecule has 0 heterocycles. The number of hydrogen-bond acceptors (Lipinski definition) is 2. The smallest absolute Gasteiger partial charge is 0.339 e. The summed E-state index contributed by atoms with van der Waals surface area (Å²) in [5.41, 5.74) is 0.169. The second kappa shape index (κ2) is 5.41. The molecule has 0 saturated heterocycles. The van der Waals surface area contributed by atoms with Gasteiger partial charge in [-0.25, -0.2) is 4.79 Å². The van der Waals surface area contributed by atoms with E-state index in [1.165, 1.54) is 25.3 Å². The summed E-state index contributed by atoms with van der Waals surface area (Å²) in [6, 6.07) is 4.60. The van der Waals surface area contributed by atoms with Crippen molar-refractivity contribution in [1.29, 1.82) is 0 Å². The molecule has 0 aliphatic heterocycles. The van der Waals surface area contributed by atoms with Crippen LogP contribution in [0.1, 0.15) is 36.0 Å². The van der Waals surface area contributed by atoms with Crippen molar-refractivity contribution in [2.24, 2.45) is 5.92 Å². The van der Waals surface area contributed by atoms with E-state index in [9.17, 15) is 4.79 Å². The maximum Gasteiger partial charge on any atom is 0.339 e. The summed E-state index contributed by atoms with van der Waals surface area (Å²) in [5.74, 6) is 0.132. The maximum atomic E-state index is 11.0. The molecule has 2 rings (SSSR count). The van der Waals surface area contributed by atoms with Gasteiger partial charge in [-0.05, 0) is 30.5 Å². The van der Waals surface area contributed by atoms with Crippen LogP contribution < -0.4 is 4.74 Å². The average molecular weight is 255 g/mol. The Hall–Kier alpha value is -1.22. The van der Waals surface area contributed by atoms with E-state index in [0.29, 0.717) is 17.4 Å². The number of carboxylic acids is 1. The fraction of sp³-hybridized carbons (Fsp3) is 0.462. The lowest BCUT2D eigenvalue weighted by atomic mass is 9.83. The monoisotopic (exact) mass is 254 g/mol. The second-order valence-electron chi connectivity index (χ2n) is 4.38. The summed E-state index contributed by atoms with van der Waals surface area (Å²) < 4.78 is 5.52. The van der Waals surface area contributed by atoms with Gasteiger partial charge in [0.15, 0.2) is 0 Å². The van der Waals surface area contributed by atoms with E-state index in [4.69, 9.17) is 21.4 Å². The van der Waals surface area contributed by atoms with E-state index in [1.807, 2.05) is 0 Å². The van der Waals surface area contributed by atoms with Crippen molar-refractivity contribution in [3.63, 3.8) is 0 Å². The van der Waals surface area contributed by atoms with E-state index in [0.717, 1.165) is 12.3 Å². The van der Waals surface area contributed by atoms with Crippen molar-refractivity contribution >= 4 is 17.6 Å². The lowest BCUT2D eigenvalue weighted by Crippen LogP contribution is -2.15. The van der Waals surface area contributed by atoms with Crippen LogP contribution in [0, 0.1) is 5.92 Å². The first kappa shape index (κ1) is 12.2. The molecule has 1 fully saturated rings. The van der Waals surface area contributed by atoms with Gasteiger partial charge < -0.3 is 9.84 Å². The number of hydrogen-bond donors (Lipinski definition) is 1. The Kier molecular flexibility index (Phi) is 3.89. The highest BCUT2D eigenvalue weighted by molar-refractivity contribution is 6.30. The molecule has 0 spiro atoms. The van der Waals surface area contributed by atoms with Gasteiger partial charge in [0, 0.05) is 5.02 Å². The highest BCUT2D eigenvalue weighted by atomic mass is 35.5. The lowest BCUT2D eigenvalue weighted by molar-refractivity contribution is 0.0691. The van der Waals surface area contributed by atoms with Crippen molar-refractivity contribution in [2.45, 2.75) is 25.7 Å². The minimum Gasteiger partial charge on any atom is -0.493 e. The predicted molar refractivity (Wildman–Crippen MR) is 65.9 cm³/mol. The minimum atomic E-state index is -0.986. The topological polar surface area (TPSA) is 46.5 Å². The number of carbonyl (C=O) groups is 1. The van der Waals surface area contributed by atoms with Crippen molar-refractivity contribution < 1.29 is 14.6 Å². The zero-order chi connectivity index (χ0) is 12.3. The molecule has 4 heteroatoms. The highest BCUT2D eigenvalue weighted by Gasteiger charge is 2.18. The first-order valence-corrected chi connectivity index (χ1v) is 6.20. The minimum absolute atomic E-state index is 0.169. The molecule has 1 N–H and O–H groups in total. The van der Waals surface area contributed by atoms with Gasteiger partial charge in [0.2, 0.25) is 0 Å². The standard InChI is InChI=1S/C13H15ClO3/c14-10-4-5-11(13(15)16)12(8-10)17-7-6-9-2-1-3-9/h4-5,8-9H,1-3,6-7H2,(H,15,16). The molecule has 1 saturated carbocycles. The molecule has 1 aliphatic carbocycles.